The number of amides is 2. The molecule has 1 atom stereocenters. The van der Waals surface area contributed by atoms with Gasteiger partial charge in [-0.1, -0.05) is 23.5 Å². The minimum absolute atomic E-state index is 0.0568. The van der Waals surface area contributed by atoms with E-state index in [1.807, 2.05) is 0 Å². The summed E-state index contributed by atoms with van der Waals surface area (Å²) in [6.45, 7) is 3.02. The van der Waals surface area contributed by atoms with Gasteiger partial charge in [-0.2, -0.15) is 13.2 Å². The first-order valence-electron chi connectivity index (χ1n) is 9.58. The summed E-state index contributed by atoms with van der Waals surface area (Å²) in [5.41, 5.74) is -0.105. The third-order valence-electron chi connectivity index (χ3n) is 5.38. The van der Waals surface area contributed by atoms with Gasteiger partial charge in [0.1, 0.15) is 0 Å². The van der Waals surface area contributed by atoms with Crippen LogP contribution in [0.5, 0.6) is 10.8 Å². The molecule has 1 aromatic heterocycles. The number of ether oxygens (including phenoxy) is 1. The summed E-state index contributed by atoms with van der Waals surface area (Å²) in [5, 5.41) is 5.23. The van der Waals surface area contributed by atoms with Gasteiger partial charge in [-0.15, -0.1) is 0 Å². The first-order chi connectivity index (χ1) is 14.3. The van der Waals surface area contributed by atoms with Crippen LogP contribution in [0.25, 0.3) is 0 Å². The van der Waals surface area contributed by atoms with E-state index in [0.29, 0.717) is 15.9 Å². The number of hydrogen-bond acceptors (Lipinski definition) is 5. The largest absolute Gasteiger partial charge is 0.471 e. The van der Waals surface area contributed by atoms with Crippen LogP contribution in [0.15, 0.2) is 36.4 Å². The monoisotopic (exact) mass is 439 g/mol. The highest BCUT2D eigenvalue weighted by molar-refractivity contribution is 7.15. The fourth-order valence-electron chi connectivity index (χ4n) is 3.83. The maximum atomic E-state index is 12.6. The van der Waals surface area contributed by atoms with Crippen LogP contribution in [0.1, 0.15) is 22.5 Å². The Bertz CT molecular complexity index is 939. The maximum absolute atomic E-state index is 12.6. The Balaban J connectivity index is 1.41. The lowest BCUT2D eigenvalue weighted by Crippen LogP contribution is -2.57. The minimum atomic E-state index is -5.00. The topological polar surface area (TPSA) is 70.7 Å². The van der Waals surface area contributed by atoms with Crippen LogP contribution in [-0.2, 0) is 4.79 Å². The van der Waals surface area contributed by atoms with E-state index < -0.39 is 12.1 Å². The van der Waals surface area contributed by atoms with Gasteiger partial charge in [0.15, 0.2) is 10.8 Å². The predicted octanol–water partition coefficient (Wildman–Crippen LogP) is 3.87. The van der Waals surface area contributed by atoms with Crippen LogP contribution in [0, 0.1) is 5.92 Å². The quantitative estimate of drug-likeness (QED) is 0.742. The van der Waals surface area contributed by atoms with Crippen molar-refractivity contribution in [3.63, 3.8) is 0 Å². The number of hydrogen-bond donors (Lipinski definition) is 2. The molecule has 3 saturated heterocycles. The van der Waals surface area contributed by atoms with Crippen molar-refractivity contribution in [2.45, 2.75) is 25.1 Å². The number of piperidine rings is 3. The number of nitrogens with zero attached hydrogens (tertiary/aromatic N) is 1. The molecule has 2 aromatic rings. The highest BCUT2D eigenvalue weighted by Crippen LogP contribution is 2.35. The van der Waals surface area contributed by atoms with Crippen LogP contribution in [0.2, 0.25) is 0 Å². The first-order valence-corrected chi connectivity index (χ1v) is 10.4. The molecule has 30 heavy (non-hydrogen) atoms. The number of halogens is 3. The SMILES string of the molecule is O=C(NC1CN2CCC1CC2)c1ccc(Oc2ccccc2NC(=O)C(F)(F)F)s1. The number of anilines is 1. The number of carbonyl (C=O) groups excluding carboxylic acids is 2. The Morgan fingerprint density at radius 3 is 2.50 bits per heavy atom. The molecule has 0 radical (unpaired) electrons. The molecule has 3 aliphatic rings. The molecule has 1 unspecified atom stereocenters. The molecule has 160 valence electrons. The molecular formula is C20H20F3N3O3S. The number of thiophene rings is 1. The maximum Gasteiger partial charge on any atom is 0.471 e. The molecule has 0 aliphatic carbocycles. The van der Waals surface area contributed by atoms with Crippen molar-refractivity contribution >= 4 is 28.8 Å². The number of benzene rings is 1. The summed E-state index contributed by atoms with van der Waals surface area (Å²) in [6, 6.07) is 9.15. The van der Waals surface area contributed by atoms with E-state index in [0.717, 1.165) is 43.8 Å². The van der Waals surface area contributed by atoms with Gasteiger partial charge >= 0.3 is 12.1 Å². The fourth-order valence-corrected chi connectivity index (χ4v) is 4.60. The Morgan fingerprint density at radius 1 is 1.10 bits per heavy atom. The summed E-state index contributed by atoms with van der Waals surface area (Å²) in [4.78, 5) is 26.7. The molecule has 2 N–H and O–H groups in total. The van der Waals surface area contributed by atoms with Crippen molar-refractivity contribution in [1.29, 1.82) is 0 Å². The van der Waals surface area contributed by atoms with Gasteiger partial charge in [-0.05, 0) is 56.1 Å². The van der Waals surface area contributed by atoms with E-state index in [4.69, 9.17) is 4.74 Å². The number of alkyl halides is 3. The van der Waals surface area contributed by atoms with Crippen molar-refractivity contribution in [1.82, 2.24) is 10.2 Å². The first kappa shape index (κ1) is 20.7. The second kappa shape index (κ2) is 8.27. The van der Waals surface area contributed by atoms with Gasteiger partial charge < -0.3 is 20.3 Å². The number of fused-ring (bicyclic) bond motifs is 3. The normalized spacial score (nSPS) is 23.1. The lowest BCUT2D eigenvalue weighted by Gasteiger charge is -2.44. The van der Waals surface area contributed by atoms with Crippen molar-refractivity contribution in [3.05, 3.63) is 41.3 Å². The van der Waals surface area contributed by atoms with E-state index in [1.54, 1.807) is 23.5 Å². The van der Waals surface area contributed by atoms with Crippen molar-refractivity contribution < 1.29 is 27.5 Å². The van der Waals surface area contributed by atoms with E-state index in [1.165, 1.54) is 18.2 Å². The molecule has 10 heteroatoms. The minimum Gasteiger partial charge on any atom is -0.444 e. The summed E-state index contributed by atoms with van der Waals surface area (Å²) >= 11 is 1.09. The highest BCUT2D eigenvalue weighted by Gasteiger charge is 2.39. The summed E-state index contributed by atoms with van der Waals surface area (Å²) in [6.07, 6.45) is -2.83. The molecule has 0 saturated carbocycles. The Kier molecular flexibility index (Phi) is 5.70. The van der Waals surface area contributed by atoms with E-state index in [9.17, 15) is 22.8 Å². The lowest BCUT2D eigenvalue weighted by atomic mass is 9.84. The molecule has 2 bridgehead atoms. The predicted molar refractivity (Wildman–Crippen MR) is 106 cm³/mol. The smallest absolute Gasteiger partial charge is 0.444 e. The number of nitrogens with one attached hydrogen (secondary N) is 2. The molecular weight excluding hydrogens is 419 g/mol. The van der Waals surface area contributed by atoms with Gasteiger partial charge in [0, 0.05) is 12.6 Å². The standard InChI is InChI=1S/C20H20F3N3O3S/c21-20(22,23)19(28)25-13-3-1-2-4-15(13)29-17-6-5-16(30-17)18(27)24-14-11-26-9-7-12(14)8-10-26/h1-6,12,14H,7-11H2,(H,24,27)(H,25,28). The van der Waals surface area contributed by atoms with Crippen LogP contribution in [0.4, 0.5) is 18.9 Å². The average molecular weight is 439 g/mol. The second-order valence-electron chi connectivity index (χ2n) is 7.39. The van der Waals surface area contributed by atoms with Crippen LogP contribution in [-0.4, -0.2) is 48.6 Å². The zero-order valence-corrected chi connectivity index (χ0v) is 16.7. The average Bonchev–Trinajstić information content (AvgIpc) is 3.18. The molecule has 2 amide bonds. The van der Waals surface area contributed by atoms with Crippen LogP contribution < -0.4 is 15.4 Å². The van der Waals surface area contributed by atoms with Gasteiger partial charge in [0.25, 0.3) is 5.91 Å². The number of carbonyl (C=O) groups is 2. The van der Waals surface area contributed by atoms with Gasteiger partial charge in [-0.25, -0.2) is 0 Å². The van der Waals surface area contributed by atoms with E-state index in [2.05, 4.69) is 10.2 Å². The van der Waals surface area contributed by atoms with Crippen LogP contribution >= 0.6 is 11.3 Å². The molecule has 6 nitrogen and oxygen atoms in total. The summed E-state index contributed by atoms with van der Waals surface area (Å²) in [5.74, 6) is -1.71. The molecule has 4 heterocycles. The summed E-state index contributed by atoms with van der Waals surface area (Å²) in [7, 11) is 0. The second-order valence-corrected chi connectivity index (χ2v) is 8.43. The van der Waals surface area contributed by atoms with Crippen LogP contribution in [0.3, 0.4) is 0 Å². The zero-order valence-electron chi connectivity index (χ0n) is 15.9. The summed E-state index contributed by atoms with van der Waals surface area (Å²) < 4.78 is 43.2. The Labute approximate surface area is 175 Å². The highest BCUT2D eigenvalue weighted by atomic mass is 32.1. The van der Waals surface area contributed by atoms with Crippen molar-refractivity contribution in [2.24, 2.45) is 5.92 Å². The molecule has 0 spiro atoms. The molecule has 5 rings (SSSR count). The number of para-hydroxylation sites is 2. The Morgan fingerprint density at radius 2 is 1.83 bits per heavy atom. The molecule has 3 aliphatic heterocycles. The van der Waals surface area contributed by atoms with E-state index >= 15 is 0 Å². The zero-order chi connectivity index (χ0) is 21.3. The van der Waals surface area contributed by atoms with Crippen molar-refractivity contribution in [3.8, 4) is 10.8 Å². The van der Waals surface area contributed by atoms with Crippen molar-refractivity contribution in [2.75, 3.05) is 25.0 Å². The van der Waals surface area contributed by atoms with E-state index in [-0.39, 0.29) is 23.4 Å². The number of rotatable bonds is 5. The molecule has 3 fully saturated rings. The van der Waals surface area contributed by atoms with Gasteiger partial charge in [0.2, 0.25) is 0 Å². The fraction of sp³-hybridized carbons (Fsp3) is 0.400. The molecule has 1 aromatic carbocycles. The Hall–Kier alpha value is -2.59. The lowest BCUT2D eigenvalue weighted by molar-refractivity contribution is -0.167. The van der Waals surface area contributed by atoms with Gasteiger partial charge in [0.05, 0.1) is 10.6 Å². The van der Waals surface area contributed by atoms with Gasteiger partial charge in [-0.3, -0.25) is 9.59 Å². The third kappa shape index (κ3) is 4.59. The third-order valence-corrected chi connectivity index (χ3v) is 6.34.